The fraction of sp³-hybridized carbons (Fsp3) is 0.100. The van der Waals surface area contributed by atoms with E-state index in [0.29, 0.717) is 22.2 Å². The lowest BCUT2D eigenvalue weighted by molar-refractivity contribution is -0.142. The minimum absolute atomic E-state index is 0.143. The summed E-state index contributed by atoms with van der Waals surface area (Å²) in [6.45, 7) is -0.286. The van der Waals surface area contributed by atoms with Gasteiger partial charge in [-0.05, 0) is 24.3 Å². The maximum absolute atomic E-state index is 11.7. The van der Waals surface area contributed by atoms with Gasteiger partial charge in [0.05, 0.1) is 0 Å². The van der Waals surface area contributed by atoms with Crippen LogP contribution in [0.1, 0.15) is 11.8 Å². The molecule has 0 radical (unpaired) electrons. The summed E-state index contributed by atoms with van der Waals surface area (Å²) in [5.41, 5.74) is 2.55. The van der Waals surface area contributed by atoms with Crippen LogP contribution in [-0.4, -0.2) is 21.9 Å². The van der Waals surface area contributed by atoms with Crippen molar-refractivity contribution in [2.24, 2.45) is 0 Å². The van der Waals surface area contributed by atoms with Gasteiger partial charge in [0.15, 0.2) is 24.4 Å². The molecular formula is C20H14N2O6. The van der Waals surface area contributed by atoms with Gasteiger partial charge in [-0.1, -0.05) is 24.3 Å². The number of ether oxygens (including phenoxy) is 2. The van der Waals surface area contributed by atoms with E-state index in [1.807, 2.05) is 24.3 Å². The van der Waals surface area contributed by atoms with E-state index in [4.69, 9.17) is 18.3 Å². The second-order valence-corrected chi connectivity index (χ2v) is 5.70. The lowest BCUT2D eigenvalue weighted by atomic mass is 10.3. The van der Waals surface area contributed by atoms with Crippen LogP contribution < -0.4 is 0 Å². The predicted molar refractivity (Wildman–Crippen MR) is 96.8 cm³/mol. The van der Waals surface area contributed by atoms with Crippen molar-refractivity contribution in [3.8, 4) is 0 Å². The van der Waals surface area contributed by atoms with E-state index >= 15 is 0 Å². The molecule has 0 aliphatic rings. The fourth-order valence-electron chi connectivity index (χ4n) is 2.46. The van der Waals surface area contributed by atoms with E-state index in [-0.39, 0.29) is 25.0 Å². The molecule has 8 nitrogen and oxygen atoms in total. The van der Waals surface area contributed by atoms with Crippen LogP contribution in [0, 0.1) is 0 Å². The lowest BCUT2D eigenvalue weighted by Gasteiger charge is -1.98. The van der Waals surface area contributed by atoms with Crippen LogP contribution in [0.2, 0.25) is 0 Å². The molecule has 0 N–H and O–H groups in total. The van der Waals surface area contributed by atoms with Gasteiger partial charge in [-0.25, -0.2) is 19.6 Å². The third-order valence-electron chi connectivity index (χ3n) is 3.71. The summed E-state index contributed by atoms with van der Waals surface area (Å²) in [7, 11) is 0. The third-order valence-corrected chi connectivity index (χ3v) is 3.71. The summed E-state index contributed by atoms with van der Waals surface area (Å²) in [5, 5.41) is 0. The average Bonchev–Trinajstić information content (AvgIpc) is 3.32. The van der Waals surface area contributed by atoms with Gasteiger partial charge >= 0.3 is 11.9 Å². The first-order chi connectivity index (χ1) is 13.7. The monoisotopic (exact) mass is 378 g/mol. The maximum atomic E-state index is 11.7. The van der Waals surface area contributed by atoms with E-state index in [9.17, 15) is 9.59 Å². The number of rotatable bonds is 6. The van der Waals surface area contributed by atoms with Gasteiger partial charge in [-0.15, -0.1) is 0 Å². The summed E-state index contributed by atoms with van der Waals surface area (Å²) >= 11 is 0. The largest absolute Gasteiger partial charge is 0.453 e. The van der Waals surface area contributed by atoms with Gasteiger partial charge in [0.1, 0.15) is 11.0 Å². The third kappa shape index (κ3) is 4.07. The van der Waals surface area contributed by atoms with Crippen molar-refractivity contribution in [3.05, 3.63) is 72.5 Å². The van der Waals surface area contributed by atoms with E-state index in [0.717, 1.165) is 12.2 Å². The highest BCUT2D eigenvalue weighted by Gasteiger charge is 2.09. The van der Waals surface area contributed by atoms with E-state index in [2.05, 4.69) is 9.97 Å². The number of oxazole rings is 2. The first-order valence-electron chi connectivity index (χ1n) is 8.38. The first-order valence-corrected chi connectivity index (χ1v) is 8.38. The number of para-hydroxylation sites is 4. The van der Waals surface area contributed by atoms with Crippen LogP contribution in [0.15, 0.2) is 69.5 Å². The Balaban J connectivity index is 1.25. The number of benzene rings is 2. The number of aromatic nitrogens is 2. The summed E-state index contributed by atoms with van der Waals surface area (Å²) in [4.78, 5) is 31.8. The van der Waals surface area contributed by atoms with Crippen molar-refractivity contribution >= 4 is 34.1 Å². The van der Waals surface area contributed by atoms with Crippen LogP contribution >= 0.6 is 0 Å². The molecule has 0 aliphatic heterocycles. The van der Waals surface area contributed by atoms with Gasteiger partial charge in [0, 0.05) is 12.2 Å². The quantitative estimate of drug-likeness (QED) is 0.372. The zero-order valence-electron chi connectivity index (χ0n) is 14.5. The van der Waals surface area contributed by atoms with E-state index in [1.54, 1.807) is 24.3 Å². The van der Waals surface area contributed by atoms with Crippen LogP contribution in [-0.2, 0) is 32.3 Å². The molecule has 140 valence electrons. The smallest absolute Gasteiger partial charge is 0.331 e. The molecule has 0 spiro atoms. The molecule has 2 heterocycles. The zero-order valence-corrected chi connectivity index (χ0v) is 14.5. The SMILES string of the molecule is O=C(/C=C/C(=O)OCc1nc2ccccc2o1)OCc1nc2ccccc2o1. The fourth-order valence-corrected chi connectivity index (χ4v) is 2.46. The Bertz CT molecular complexity index is 1020. The van der Waals surface area contributed by atoms with Crippen molar-refractivity contribution in [3.63, 3.8) is 0 Å². The molecule has 0 saturated heterocycles. The number of carbonyl (C=O) groups excluding carboxylic acids is 2. The van der Waals surface area contributed by atoms with Crippen LogP contribution in [0.5, 0.6) is 0 Å². The van der Waals surface area contributed by atoms with Gasteiger partial charge < -0.3 is 18.3 Å². The molecule has 0 bridgehead atoms. The minimum atomic E-state index is -0.721. The molecule has 0 unspecified atom stereocenters. The van der Waals surface area contributed by atoms with E-state index < -0.39 is 11.9 Å². The topological polar surface area (TPSA) is 105 Å². The molecule has 0 fully saturated rings. The Morgan fingerprint density at radius 1 is 0.750 bits per heavy atom. The first kappa shape index (κ1) is 17.5. The normalized spacial score (nSPS) is 11.3. The molecule has 2 aromatic carbocycles. The summed E-state index contributed by atoms with van der Waals surface area (Å²) in [5.74, 6) is -0.912. The molecule has 0 saturated carbocycles. The highest BCUT2D eigenvalue weighted by Crippen LogP contribution is 2.16. The van der Waals surface area contributed by atoms with Crippen molar-refractivity contribution in [1.82, 2.24) is 9.97 Å². The summed E-state index contributed by atoms with van der Waals surface area (Å²) < 4.78 is 20.9. The molecule has 2 aromatic heterocycles. The molecule has 28 heavy (non-hydrogen) atoms. The predicted octanol–water partition coefficient (Wildman–Crippen LogP) is 3.31. The molecule has 4 aromatic rings. The number of hydrogen-bond acceptors (Lipinski definition) is 8. The highest BCUT2D eigenvalue weighted by molar-refractivity contribution is 5.91. The number of fused-ring (bicyclic) bond motifs is 2. The highest BCUT2D eigenvalue weighted by atomic mass is 16.5. The van der Waals surface area contributed by atoms with Gasteiger partial charge in [0.2, 0.25) is 11.8 Å². The average molecular weight is 378 g/mol. The van der Waals surface area contributed by atoms with Crippen molar-refractivity contribution in [1.29, 1.82) is 0 Å². The van der Waals surface area contributed by atoms with Crippen LogP contribution in [0.4, 0.5) is 0 Å². The Labute approximate surface area is 158 Å². The summed E-state index contributed by atoms with van der Waals surface area (Å²) in [6.07, 6.45) is 1.94. The Hall–Kier alpha value is -3.94. The molecular weight excluding hydrogens is 364 g/mol. The van der Waals surface area contributed by atoms with Gasteiger partial charge in [-0.2, -0.15) is 0 Å². The Morgan fingerprint density at radius 3 is 1.61 bits per heavy atom. The van der Waals surface area contributed by atoms with E-state index in [1.165, 1.54) is 0 Å². The molecule has 0 aliphatic carbocycles. The van der Waals surface area contributed by atoms with Crippen molar-refractivity contribution in [2.75, 3.05) is 0 Å². The Morgan fingerprint density at radius 2 is 1.18 bits per heavy atom. The maximum Gasteiger partial charge on any atom is 0.331 e. The minimum Gasteiger partial charge on any atom is -0.453 e. The molecule has 8 heteroatoms. The Kier molecular flexibility index (Phi) is 4.83. The van der Waals surface area contributed by atoms with Gasteiger partial charge in [0.25, 0.3) is 0 Å². The zero-order chi connectivity index (χ0) is 19.3. The molecule has 0 amide bonds. The van der Waals surface area contributed by atoms with Crippen molar-refractivity contribution < 1.29 is 27.9 Å². The van der Waals surface area contributed by atoms with Crippen LogP contribution in [0.25, 0.3) is 22.2 Å². The standard InChI is InChI=1S/C20H14N2O6/c23-19(25-11-17-21-13-5-1-3-7-15(13)27-17)9-10-20(24)26-12-18-22-14-6-2-4-8-16(14)28-18/h1-10H,11-12H2/b10-9+. The van der Waals surface area contributed by atoms with Crippen LogP contribution in [0.3, 0.4) is 0 Å². The second-order valence-electron chi connectivity index (χ2n) is 5.70. The lowest BCUT2D eigenvalue weighted by Crippen LogP contribution is -2.05. The molecule has 0 atom stereocenters. The van der Waals surface area contributed by atoms with Crippen molar-refractivity contribution in [2.45, 2.75) is 13.2 Å². The number of nitrogens with zero attached hydrogens (tertiary/aromatic N) is 2. The van der Waals surface area contributed by atoms with Gasteiger partial charge in [-0.3, -0.25) is 0 Å². The number of carbonyl (C=O) groups is 2. The summed E-state index contributed by atoms with van der Waals surface area (Å²) in [6, 6.07) is 14.4. The number of esters is 2. The number of hydrogen-bond donors (Lipinski definition) is 0. The second kappa shape index (κ2) is 7.75. The molecule has 4 rings (SSSR count).